The number of aromatic nitrogens is 1. The molecule has 1 fully saturated rings. The second-order valence-electron chi connectivity index (χ2n) is 5.91. The van der Waals surface area contributed by atoms with Crippen LogP contribution in [0.25, 0.3) is 0 Å². The van der Waals surface area contributed by atoms with Gasteiger partial charge < -0.3 is 15.0 Å². The summed E-state index contributed by atoms with van der Waals surface area (Å²) in [5.41, 5.74) is 1.58. The molecule has 5 heteroatoms. The molecular weight excluding hydrogens is 290 g/mol. The molecule has 0 radical (unpaired) electrons. The van der Waals surface area contributed by atoms with Crippen molar-refractivity contribution in [3.05, 3.63) is 54.2 Å². The highest BCUT2D eigenvalue weighted by molar-refractivity contribution is 5.90. The van der Waals surface area contributed by atoms with Crippen LogP contribution in [0.1, 0.15) is 25.3 Å². The van der Waals surface area contributed by atoms with Crippen molar-refractivity contribution in [2.45, 2.75) is 25.3 Å². The Morgan fingerprint density at radius 3 is 2.83 bits per heavy atom. The van der Waals surface area contributed by atoms with E-state index in [9.17, 15) is 4.79 Å². The van der Waals surface area contributed by atoms with Crippen LogP contribution in [0.4, 0.5) is 10.5 Å². The van der Waals surface area contributed by atoms with Crippen molar-refractivity contribution in [3.63, 3.8) is 0 Å². The van der Waals surface area contributed by atoms with Gasteiger partial charge in [-0.05, 0) is 31.4 Å². The molecule has 2 amide bonds. The van der Waals surface area contributed by atoms with Gasteiger partial charge in [-0.15, -0.1) is 0 Å². The molecule has 1 aromatic heterocycles. The van der Waals surface area contributed by atoms with Gasteiger partial charge in [-0.25, -0.2) is 9.78 Å². The Labute approximate surface area is 136 Å². The Kier molecular flexibility index (Phi) is 4.19. The van der Waals surface area contributed by atoms with Crippen LogP contribution in [-0.4, -0.2) is 29.6 Å². The number of pyridine rings is 1. The Balaban J connectivity index is 1.81. The maximum absolute atomic E-state index is 12.8. The zero-order chi connectivity index (χ0) is 16.3. The van der Waals surface area contributed by atoms with E-state index in [1.165, 1.54) is 5.56 Å². The number of carbonyl (C=O) groups is 1. The normalized spacial score (nSPS) is 20.3. The summed E-state index contributed by atoms with van der Waals surface area (Å²) >= 11 is 0. The summed E-state index contributed by atoms with van der Waals surface area (Å²) in [6, 6.07) is 13.6. The Morgan fingerprint density at radius 1 is 1.30 bits per heavy atom. The highest BCUT2D eigenvalue weighted by Gasteiger charge is 2.40. The number of hydrogen-bond acceptors (Lipinski definition) is 3. The van der Waals surface area contributed by atoms with E-state index in [2.05, 4.69) is 29.4 Å². The molecule has 1 atom stereocenters. The number of anilines is 1. The van der Waals surface area contributed by atoms with E-state index in [1.54, 1.807) is 25.4 Å². The average molecular weight is 311 g/mol. The first-order chi connectivity index (χ1) is 11.1. The van der Waals surface area contributed by atoms with Crippen molar-refractivity contribution >= 4 is 11.7 Å². The highest BCUT2D eigenvalue weighted by atomic mass is 16.5. The standard InChI is InChI=1S/C18H21N3O2/c1-18(14-7-4-3-5-8-14)10-6-12-21(18)17(22)20-15-9-11-19-16(13-15)23-2/h3-5,7-9,11,13H,6,10,12H2,1-2H3,(H,19,20,22). The van der Waals surface area contributed by atoms with Crippen LogP contribution in [-0.2, 0) is 5.54 Å². The van der Waals surface area contributed by atoms with Gasteiger partial charge in [0, 0.05) is 24.5 Å². The maximum atomic E-state index is 12.8. The lowest BCUT2D eigenvalue weighted by Crippen LogP contribution is -2.45. The molecule has 0 aliphatic carbocycles. The van der Waals surface area contributed by atoms with E-state index in [0.29, 0.717) is 11.6 Å². The van der Waals surface area contributed by atoms with Gasteiger partial charge >= 0.3 is 6.03 Å². The van der Waals surface area contributed by atoms with Crippen molar-refractivity contribution in [1.82, 2.24) is 9.88 Å². The molecular formula is C18H21N3O2. The van der Waals surface area contributed by atoms with Crippen LogP contribution in [0.15, 0.2) is 48.7 Å². The number of rotatable bonds is 3. The van der Waals surface area contributed by atoms with Gasteiger partial charge in [-0.2, -0.15) is 0 Å². The summed E-state index contributed by atoms with van der Waals surface area (Å²) in [4.78, 5) is 18.7. The van der Waals surface area contributed by atoms with Crippen molar-refractivity contribution in [2.24, 2.45) is 0 Å². The summed E-state index contributed by atoms with van der Waals surface area (Å²) in [7, 11) is 1.56. The third-order valence-electron chi connectivity index (χ3n) is 4.48. The minimum absolute atomic E-state index is 0.0953. The molecule has 1 aliphatic rings. The van der Waals surface area contributed by atoms with Crippen LogP contribution in [0.3, 0.4) is 0 Å². The smallest absolute Gasteiger partial charge is 0.322 e. The lowest BCUT2D eigenvalue weighted by atomic mass is 9.89. The number of benzene rings is 1. The minimum Gasteiger partial charge on any atom is -0.481 e. The van der Waals surface area contributed by atoms with E-state index in [-0.39, 0.29) is 11.6 Å². The summed E-state index contributed by atoms with van der Waals surface area (Å²) in [5, 5.41) is 2.95. The van der Waals surface area contributed by atoms with Crippen LogP contribution < -0.4 is 10.1 Å². The predicted molar refractivity (Wildman–Crippen MR) is 89.5 cm³/mol. The molecule has 0 spiro atoms. The molecule has 3 rings (SSSR count). The first kappa shape index (κ1) is 15.3. The number of nitrogens with one attached hydrogen (secondary N) is 1. The van der Waals surface area contributed by atoms with E-state index in [4.69, 9.17) is 4.74 Å². The molecule has 1 N–H and O–H groups in total. The number of methoxy groups -OCH3 is 1. The highest BCUT2D eigenvalue weighted by Crippen LogP contribution is 2.38. The van der Waals surface area contributed by atoms with Gasteiger partial charge in [0.2, 0.25) is 5.88 Å². The molecule has 1 aliphatic heterocycles. The van der Waals surface area contributed by atoms with Crippen molar-refractivity contribution < 1.29 is 9.53 Å². The molecule has 0 bridgehead atoms. The number of ether oxygens (including phenoxy) is 1. The van der Waals surface area contributed by atoms with Crippen molar-refractivity contribution in [2.75, 3.05) is 19.0 Å². The van der Waals surface area contributed by atoms with Crippen LogP contribution in [0.5, 0.6) is 5.88 Å². The summed E-state index contributed by atoms with van der Waals surface area (Å²) in [5.74, 6) is 0.482. The fraction of sp³-hybridized carbons (Fsp3) is 0.333. The SMILES string of the molecule is COc1cc(NC(=O)N2CCCC2(C)c2ccccc2)ccn1. The average Bonchev–Trinajstić information content (AvgIpc) is 2.99. The summed E-state index contributed by atoms with van der Waals surface area (Å²) < 4.78 is 5.10. The molecule has 23 heavy (non-hydrogen) atoms. The fourth-order valence-corrected chi connectivity index (χ4v) is 3.18. The van der Waals surface area contributed by atoms with Gasteiger partial charge in [0.1, 0.15) is 0 Å². The van der Waals surface area contributed by atoms with E-state index in [1.807, 2.05) is 23.1 Å². The number of nitrogens with zero attached hydrogens (tertiary/aromatic N) is 2. The molecule has 1 unspecified atom stereocenters. The van der Waals surface area contributed by atoms with E-state index < -0.39 is 0 Å². The van der Waals surface area contributed by atoms with Crippen LogP contribution in [0, 0.1) is 0 Å². The zero-order valence-corrected chi connectivity index (χ0v) is 13.5. The first-order valence-electron chi connectivity index (χ1n) is 7.78. The quantitative estimate of drug-likeness (QED) is 0.941. The molecule has 5 nitrogen and oxygen atoms in total. The van der Waals surface area contributed by atoms with Gasteiger partial charge in [0.05, 0.1) is 12.6 Å². The number of amides is 2. The Hall–Kier alpha value is -2.56. The van der Waals surface area contributed by atoms with Gasteiger partial charge in [0.15, 0.2) is 0 Å². The lowest BCUT2D eigenvalue weighted by molar-refractivity contribution is 0.168. The first-order valence-corrected chi connectivity index (χ1v) is 7.78. The molecule has 1 aromatic carbocycles. The lowest BCUT2D eigenvalue weighted by Gasteiger charge is -2.35. The number of likely N-dealkylation sites (tertiary alicyclic amines) is 1. The largest absolute Gasteiger partial charge is 0.481 e. The molecule has 2 aromatic rings. The Bertz CT molecular complexity index is 690. The molecule has 2 heterocycles. The van der Waals surface area contributed by atoms with Gasteiger partial charge in [-0.1, -0.05) is 30.3 Å². The second kappa shape index (κ2) is 6.28. The van der Waals surface area contributed by atoms with Crippen molar-refractivity contribution in [3.8, 4) is 5.88 Å². The summed E-state index contributed by atoms with van der Waals surface area (Å²) in [6.07, 6.45) is 3.58. The van der Waals surface area contributed by atoms with Gasteiger partial charge in [-0.3, -0.25) is 0 Å². The van der Waals surface area contributed by atoms with Gasteiger partial charge in [0.25, 0.3) is 0 Å². The number of hydrogen-bond donors (Lipinski definition) is 1. The Morgan fingerprint density at radius 2 is 2.09 bits per heavy atom. The predicted octanol–water partition coefficient (Wildman–Crippen LogP) is 3.63. The second-order valence-corrected chi connectivity index (χ2v) is 5.91. The molecule has 1 saturated heterocycles. The fourth-order valence-electron chi connectivity index (χ4n) is 3.18. The van der Waals surface area contributed by atoms with Crippen LogP contribution >= 0.6 is 0 Å². The monoisotopic (exact) mass is 311 g/mol. The van der Waals surface area contributed by atoms with E-state index >= 15 is 0 Å². The summed E-state index contributed by atoms with van der Waals surface area (Å²) in [6.45, 7) is 2.88. The number of urea groups is 1. The third-order valence-corrected chi connectivity index (χ3v) is 4.48. The molecule has 120 valence electrons. The topological polar surface area (TPSA) is 54.5 Å². The third kappa shape index (κ3) is 2.99. The zero-order valence-electron chi connectivity index (χ0n) is 13.5. The minimum atomic E-state index is -0.275. The molecule has 0 saturated carbocycles. The van der Waals surface area contributed by atoms with E-state index in [0.717, 1.165) is 19.4 Å². The maximum Gasteiger partial charge on any atom is 0.322 e. The van der Waals surface area contributed by atoms with Crippen molar-refractivity contribution in [1.29, 1.82) is 0 Å². The van der Waals surface area contributed by atoms with Crippen LogP contribution in [0.2, 0.25) is 0 Å². The number of carbonyl (C=O) groups excluding carboxylic acids is 1.